The number of hydrogen-bond donors (Lipinski definition) is 6. The number of fused-ring (bicyclic) bond motifs is 1. The molecular weight excluding hydrogens is 436 g/mol. The molecule has 0 aliphatic heterocycles. The van der Waals surface area contributed by atoms with E-state index in [1.54, 1.807) is 18.5 Å². The van der Waals surface area contributed by atoms with E-state index >= 15 is 0 Å². The maximum atomic E-state index is 6.79. The molecule has 3 rings (SSSR count). The van der Waals surface area contributed by atoms with E-state index in [-0.39, 0.29) is 17.3 Å². The standard InChI is InChI=1S/C24H33ClN8/c1-30-22(28)19(18-6-10-33-23(29)20(18)25)15-32-12-8-24(7-11-31-13-9-26)14-16-4-2-3-5-17(16)21(24)27/h2-6,9-10,13,21,31-32H,1,7-8,11-12,14-15,26-28H2,(H2,29,33)/b13-9-,22-19+. The number of nitrogens with zero attached hydrogens (tertiary/aromatic N) is 2. The molecule has 0 radical (unpaired) electrons. The number of aromatic nitrogens is 1. The summed E-state index contributed by atoms with van der Waals surface area (Å²) in [5.74, 6) is 0.545. The molecular formula is C24H33ClN8. The first-order valence-corrected chi connectivity index (χ1v) is 11.3. The van der Waals surface area contributed by atoms with Gasteiger partial charge in [-0.15, -0.1) is 0 Å². The van der Waals surface area contributed by atoms with Crippen molar-refractivity contribution in [3.05, 3.63) is 76.5 Å². The molecule has 0 bridgehead atoms. The van der Waals surface area contributed by atoms with Crippen LogP contribution in [0.15, 0.2) is 59.7 Å². The lowest BCUT2D eigenvalue weighted by Crippen LogP contribution is -2.37. The fourth-order valence-corrected chi connectivity index (χ4v) is 4.79. The largest absolute Gasteiger partial charge is 0.403 e. The lowest BCUT2D eigenvalue weighted by molar-refractivity contribution is 0.205. The minimum Gasteiger partial charge on any atom is -0.403 e. The summed E-state index contributed by atoms with van der Waals surface area (Å²) in [5.41, 5.74) is 28.1. The molecule has 176 valence electrons. The Morgan fingerprint density at radius 2 is 2.03 bits per heavy atom. The Bertz CT molecular complexity index is 1030. The fourth-order valence-electron chi connectivity index (χ4n) is 4.57. The molecule has 8 nitrogen and oxygen atoms in total. The van der Waals surface area contributed by atoms with Gasteiger partial charge in [-0.3, -0.25) is 0 Å². The lowest BCUT2D eigenvalue weighted by Gasteiger charge is -2.34. The van der Waals surface area contributed by atoms with Crippen LogP contribution in [0.3, 0.4) is 0 Å². The SMILES string of the molecule is C=N/C(N)=C(\CNCCC1(CCN/C=C\N)Cc2ccccc2C1N)c1ccnc(N)c1Cl. The molecule has 2 aromatic rings. The van der Waals surface area contributed by atoms with Crippen molar-refractivity contribution < 1.29 is 0 Å². The summed E-state index contributed by atoms with van der Waals surface area (Å²) in [5, 5.41) is 7.08. The van der Waals surface area contributed by atoms with Gasteiger partial charge >= 0.3 is 0 Å². The minimum absolute atomic E-state index is 0.0384. The lowest BCUT2D eigenvalue weighted by atomic mass is 9.75. The van der Waals surface area contributed by atoms with E-state index in [2.05, 4.69) is 51.6 Å². The summed E-state index contributed by atoms with van der Waals surface area (Å²) < 4.78 is 0. The summed E-state index contributed by atoms with van der Waals surface area (Å²) in [4.78, 5) is 7.92. The number of nitrogens with one attached hydrogen (secondary N) is 2. The van der Waals surface area contributed by atoms with Crippen LogP contribution in [0.4, 0.5) is 5.82 Å². The Balaban J connectivity index is 1.72. The average molecular weight is 469 g/mol. The predicted octanol–water partition coefficient (Wildman–Crippen LogP) is 2.28. The number of pyridine rings is 1. The van der Waals surface area contributed by atoms with Crippen LogP contribution in [0.1, 0.15) is 35.6 Å². The van der Waals surface area contributed by atoms with Crippen LogP contribution >= 0.6 is 11.6 Å². The quantitative estimate of drug-likeness (QED) is 0.218. The molecule has 10 N–H and O–H groups in total. The molecule has 2 atom stereocenters. The van der Waals surface area contributed by atoms with Gasteiger partial charge in [-0.05, 0) is 55.1 Å². The molecule has 1 aromatic carbocycles. The number of halogens is 1. The van der Waals surface area contributed by atoms with Gasteiger partial charge in [0.1, 0.15) is 11.6 Å². The van der Waals surface area contributed by atoms with Crippen molar-refractivity contribution in [2.75, 3.05) is 25.4 Å². The van der Waals surface area contributed by atoms with Gasteiger partial charge in [0.25, 0.3) is 0 Å². The van der Waals surface area contributed by atoms with Crippen LogP contribution in [0.2, 0.25) is 5.02 Å². The summed E-state index contributed by atoms with van der Waals surface area (Å²) >= 11 is 6.38. The van der Waals surface area contributed by atoms with Gasteiger partial charge in [0.05, 0.1) is 5.02 Å². The Morgan fingerprint density at radius 1 is 1.27 bits per heavy atom. The number of rotatable bonds is 11. The maximum absolute atomic E-state index is 6.79. The van der Waals surface area contributed by atoms with Crippen molar-refractivity contribution in [3.63, 3.8) is 0 Å². The number of aliphatic imine (C=N–C) groups is 1. The molecule has 0 spiro atoms. The Morgan fingerprint density at radius 3 is 2.76 bits per heavy atom. The normalized spacial score (nSPS) is 20.5. The van der Waals surface area contributed by atoms with Crippen molar-refractivity contribution >= 4 is 29.7 Å². The van der Waals surface area contributed by atoms with Crippen LogP contribution in [0.5, 0.6) is 0 Å². The molecule has 2 unspecified atom stereocenters. The molecule has 1 aliphatic rings. The first kappa shape index (κ1) is 24.6. The number of benzene rings is 1. The fraction of sp³-hybridized carbons (Fsp3) is 0.333. The van der Waals surface area contributed by atoms with Gasteiger partial charge < -0.3 is 33.6 Å². The van der Waals surface area contributed by atoms with Crippen LogP contribution in [0, 0.1) is 5.41 Å². The molecule has 0 fully saturated rings. The third-order valence-corrected chi connectivity index (χ3v) is 6.79. The Hall–Kier alpha value is -3.07. The topological polar surface area (TPSA) is 153 Å². The summed E-state index contributed by atoms with van der Waals surface area (Å²) in [6.45, 7) is 5.54. The summed E-state index contributed by atoms with van der Waals surface area (Å²) in [7, 11) is 0. The van der Waals surface area contributed by atoms with Crippen LogP contribution in [0.25, 0.3) is 5.57 Å². The number of hydrogen-bond acceptors (Lipinski definition) is 8. The molecule has 0 saturated carbocycles. The molecule has 0 saturated heterocycles. The molecule has 1 aromatic heterocycles. The summed E-state index contributed by atoms with van der Waals surface area (Å²) in [6.07, 6.45) is 7.59. The smallest absolute Gasteiger partial charge is 0.142 e. The predicted molar refractivity (Wildman–Crippen MR) is 137 cm³/mol. The van der Waals surface area contributed by atoms with Crippen molar-refractivity contribution in [2.24, 2.45) is 27.6 Å². The number of anilines is 1. The first-order chi connectivity index (χ1) is 15.9. The van der Waals surface area contributed by atoms with Gasteiger partial charge in [0, 0.05) is 48.9 Å². The second kappa shape index (κ2) is 11.2. The van der Waals surface area contributed by atoms with Gasteiger partial charge in [0.2, 0.25) is 0 Å². The molecule has 33 heavy (non-hydrogen) atoms. The Kier molecular flexibility index (Phi) is 8.32. The van der Waals surface area contributed by atoms with Crippen molar-refractivity contribution in [1.82, 2.24) is 15.6 Å². The molecule has 0 amide bonds. The highest BCUT2D eigenvalue weighted by Gasteiger charge is 2.43. The second-order valence-corrected chi connectivity index (χ2v) is 8.66. The highest BCUT2D eigenvalue weighted by molar-refractivity contribution is 6.34. The number of nitrogen functional groups attached to an aromatic ring is 1. The zero-order chi connectivity index (χ0) is 23.8. The van der Waals surface area contributed by atoms with Gasteiger partial charge in [-0.1, -0.05) is 35.9 Å². The monoisotopic (exact) mass is 468 g/mol. The zero-order valence-corrected chi connectivity index (χ0v) is 19.5. The molecule has 1 aliphatic carbocycles. The van der Waals surface area contributed by atoms with E-state index in [0.717, 1.165) is 37.9 Å². The van der Waals surface area contributed by atoms with E-state index in [1.807, 2.05) is 0 Å². The average Bonchev–Trinajstić information content (AvgIpc) is 3.10. The van der Waals surface area contributed by atoms with Crippen molar-refractivity contribution in [3.8, 4) is 0 Å². The highest BCUT2D eigenvalue weighted by atomic mass is 35.5. The second-order valence-electron chi connectivity index (χ2n) is 8.29. The van der Waals surface area contributed by atoms with Gasteiger partial charge in [0.15, 0.2) is 0 Å². The van der Waals surface area contributed by atoms with E-state index in [0.29, 0.717) is 23.0 Å². The van der Waals surface area contributed by atoms with Crippen molar-refractivity contribution in [1.29, 1.82) is 0 Å². The van der Waals surface area contributed by atoms with E-state index < -0.39 is 0 Å². The Labute approximate surface area is 200 Å². The first-order valence-electron chi connectivity index (χ1n) is 10.9. The third kappa shape index (κ3) is 5.47. The number of nitrogens with two attached hydrogens (primary N) is 4. The maximum Gasteiger partial charge on any atom is 0.142 e. The highest BCUT2D eigenvalue weighted by Crippen LogP contribution is 2.48. The van der Waals surface area contributed by atoms with Crippen LogP contribution in [-0.4, -0.2) is 31.3 Å². The van der Waals surface area contributed by atoms with Crippen molar-refractivity contribution in [2.45, 2.75) is 25.3 Å². The molecule has 1 heterocycles. The van der Waals surface area contributed by atoms with Gasteiger partial charge in [-0.2, -0.15) is 0 Å². The van der Waals surface area contributed by atoms with Gasteiger partial charge in [-0.25, -0.2) is 9.98 Å². The van der Waals surface area contributed by atoms with Crippen LogP contribution < -0.4 is 33.6 Å². The zero-order valence-electron chi connectivity index (χ0n) is 18.7. The van der Waals surface area contributed by atoms with E-state index in [9.17, 15) is 0 Å². The minimum atomic E-state index is -0.0724. The summed E-state index contributed by atoms with van der Waals surface area (Å²) in [6, 6.07) is 10.2. The third-order valence-electron chi connectivity index (χ3n) is 6.40. The van der Waals surface area contributed by atoms with E-state index in [1.165, 1.54) is 17.3 Å². The van der Waals surface area contributed by atoms with Crippen LogP contribution in [-0.2, 0) is 6.42 Å². The molecule has 9 heteroatoms. The van der Waals surface area contributed by atoms with E-state index in [4.69, 9.17) is 34.5 Å².